The molecule has 3 aromatic rings. The minimum atomic E-state index is -2.68. The van der Waals surface area contributed by atoms with Gasteiger partial charge in [0.1, 0.15) is 11.3 Å². The van der Waals surface area contributed by atoms with Crippen molar-refractivity contribution in [3.63, 3.8) is 0 Å². The summed E-state index contributed by atoms with van der Waals surface area (Å²) in [5.41, 5.74) is 0.770. The summed E-state index contributed by atoms with van der Waals surface area (Å²) in [6, 6.07) is 1.40. The van der Waals surface area contributed by atoms with Gasteiger partial charge >= 0.3 is 0 Å². The number of aromatic nitrogens is 5. The van der Waals surface area contributed by atoms with Gasteiger partial charge in [-0.2, -0.15) is 10.2 Å². The Bertz CT molecular complexity index is 981. The predicted octanol–water partition coefficient (Wildman–Crippen LogP) is 3.32. The molecule has 1 saturated carbocycles. The molecule has 27 heavy (non-hydrogen) atoms. The molecular weight excluding hydrogens is 422 g/mol. The number of hydrogen-bond donors (Lipinski definition) is 1. The SMILES string of the molecule is O=C(NCCCn1cc(Br)cn1)c1cnn2c(C(F)F)cc(C3CC3)nc12. The van der Waals surface area contributed by atoms with Gasteiger partial charge in [0.15, 0.2) is 5.65 Å². The molecule has 10 heteroatoms. The van der Waals surface area contributed by atoms with Crippen LogP contribution in [0.4, 0.5) is 8.78 Å². The molecule has 7 nitrogen and oxygen atoms in total. The van der Waals surface area contributed by atoms with E-state index in [1.807, 2.05) is 6.20 Å². The number of amides is 1. The van der Waals surface area contributed by atoms with Crippen molar-refractivity contribution in [1.82, 2.24) is 29.7 Å². The highest BCUT2D eigenvalue weighted by Crippen LogP contribution is 2.40. The van der Waals surface area contributed by atoms with Crippen LogP contribution in [-0.4, -0.2) is 36.8 Å². The standard InChI is InChI=1S/C17H17BrF2N6O/c18-11-7-22-25(9-11)5-1-4-21-17(27)12-8-23-26-14(15(19)20)6-13(10-2-3-10)24-16(12)26/h6-10,15H,1-5H2,(H,21,27). The molecule has 4 rings (SSSR count). The molecule has 1 amide bonds. The first-order valence-electron chi connectivity index (χ1n) is 8.66. The van der Waals surface area contributed by atoms with Crippen molar-refractivity contribution in [3.8, 4) is 0 Å². The number of alkyl halides is 2. The van der Waals surface area contributed by atoms with Crippen molar-refractivity contribution in [3.05, 3.63) is 46.1 Å². The van der Waals surface area contributed by atoms with E-state index in [4.69, 9.17) is 0 Å². The molecular formula is C17H17BrF2N6O. The van der Waals surface area contributed by atoms with Gasteiger partial charge in [-0.05, 0) is 41.3 Å². The van der Waals surface area contributed by atoms with Crippen LogP contribution in [0.5, 0.6) is 0 Å². The minimum Gasteiger partial charge on any atom is -0.352 e. The number of carbonyl (C=O) groups is 1. The summed E-state index contributed by atoms with van der Waals surface area (Å²) in [5.74, 6) is -0.168. The Kier molecular flexibility index (Phi) is 4.90. The van der Waals surface area contributed by atoms with Crippen LogP contribution < -0.4 is 5.32 Å². The Morgan fingerprint density at radius 1 is 1.33 bits per heavy atom. The molecule has 0 unspecified atom stereocenters. The fraction of sp³-hybridized carbons (Fsp3) is 0.412. The van der Waals surface area contributed by atoms with Gasteiger partial charge in [0, 0.05) is 30.9 Å². The highest BCUT2D eigenvalue weighted by Gasteiger charge is 2.29. The molecule has 0 aliphatic heterocycles. The van der Waals surface area contributed by atoms with Gasteiger partial charge in [0.25, 0.3) is 12.3 Å². The van der Waals surface area contributed by atoms with Gasteiger partial charge < -0.3 is 5.32 Å². The Balaban J connectivity index is 1.48. The van der Waals surface area contributed by atoms with E-state index in [2.05, 4.69) is 36.4 Å². The van der Waals surface area contributed by atoms with E-state index in [0.717, 1.165) is 21.8 Å². The van der Waals surface area contributed by atoms with Gasteiger partial charge in [-0.25, -0.2) is 18.3 Å². The minimum absolute atomic E-state index is 0.184. The lowest BCUT2D eigenvalue weighted by Gasteiger charge is -2.08. The van der Waals surface area contributed by atoms with Gasteiger partial charge in [0.2, 0.25) is 0 Å². The molecule has 1 fully saturated rings. The summed E-state index contributed by atoms with van der Waals surface area (Å²) in [7, 11) is 0. The summed E-state index contributed by atoms with van der Waals surface area (Å²) < 4.78 is 30.5. The third-order valence-electron chi connectivity index (χ3n) is 4.43. The monoisotopic (exact) mass is 438 g/mol. The summed E-state index contributed by atoms with van der Waals surface area (Å²) in [5, 5.41) is 10.9. The van der Waals surface area contributed by atoms with E-state index in [-0.39, 0.29) is 28.7 Å². The van der Waals surface area contributed by atoms with Crippen LogP contribution >= 0.6 is 15.9 Å². The molecule has 0 aromatic carbocycles. The molecule has 1 aliphatic carbocycles. The maximum Gasteiger partial charge on any atom is 0.280 e. The average molecular weight is 439 g/mol. The normalized spacial score (nSPS) is 14.2. The molecule has 142 valence electrons. The summed E-state index contributed by atoms with van der Waals surface area (Å²) in [6.45, 7) is 1.08. The zero-order valence-electron chi connectivity index (χ0n) is 14.3. The van der Waals surface area contributed by atoms with E-state index < -0.39 is 6.43 Å². The predicted molar refractivity (Wildman–Crippen MR) is 96.8 cm³/mol. The number of hydrogen-bond acceptors (Lipinski definition) is 4. The highest BCUT2D eigenvalue weighted by atomic mass is 79.9. The van der Waals surface area contributed by atoms with E-state index in [1.165, 1.54) is 12.3 Å². The van der Waals surface area contributed by atoms with Crippen molar-refractivity contribution in [2.75, 3.05) is 6.54 Å². The number of nitrogens with one attached hydrogen (secondary N) is 1. The molecule has 1 N–H and O–H groups in total. The van der Waals surface area contributed by atoms with Crippen molar-refractivity contribution in [2.45, 2.75) is 38.2 Å². The Labute approximate surface area is 161 Å². The first-order chi connectivity index (χ1) is 13.0. The molecule has 0 atom stereocenters. The second-order valence-electron chi connectivity index (χ2n) is 6.51. The number of aryl methyl sites for hydroxylation is 1. The fourth-order valence-corrected chi connectivity index (χ4v) is 3.24. The van der Waals surface area contributed by atoms with Crippen LogP contribution in [0.15, 0.2) is 29.1 Å². The maximum atomic E-state index is 13.4. The van der Waals surface area contributed by atoms with Crippen molar-refractivity contribution < 1.29 is 13.6 Å². The summed E-state index contributed by atoms with van der Waals surface area (Å²) in [4.78, 5) is 16.9. The van der Waals surface area contributed by atoms with Crippen LogP contribution in [0.25, 0.3) is 5.65 Å². The van der Waals surface area contributed by atoms with Gasteiger partial charge in [-0.15, -0.1) is 0 Å². The van der Waals surface area contributed by atoms with Gasteiger partial charge in [-0.3, -0.25) is 9.48 Å². The van der Waals surface area contributed by atoms with Crippen LogP contribution in [0.1, 0.15) is 53.4 Å². The van der Waals surface area contributed by atoms with Gasteiger partial charge in [0.05, 0.1) is 16.9 Å². The maximum absolute atomic E-state index is 13.4. The zero-order chi connectivity index (χ0) is 19.0. The molecule has 1 aliphatic rings. The molecule has 0 saturated heterocycles. The van der Waals surface area contributed by atoms with Crippen molar-refractivity contribution >= 4 is 27.5 Å². The molecule has 3 aromatic heterocycles. The first kappa shape index (κ1) is 18.0. The second-order valence-corrected chi connectivity index (χ2v) is 7.42. The number of fused-ring (bicyclic) bond motifs is 1. The molecule has 0 bridgehead atoms. The van der Waals surface area contributed by atoms with Gasteiger partial charge in [-0.1, -0.05) is 0 Å². The van der Waals surface area contributed by atoms with Crippen molar-refractivity contribution in [2.24, 2.45) is 0 Å². The van der Waals surface area contributed by atoms with Crippen LogP contribution in [0, 0.1) is 0 Å². The Morgan fingerprint density at radius 2 is 2.15 bits per heavy atom. The zero-order valence-corrected chi connectivity index (χ0v) is 15.9. The third kappa shape index (κ3) is 3.85. The number of rotatable bonds is 7. The van der Waals surface area contributed by atoms with E-state index in [0.29, 0.717) is 25.2 Å². The van der Waals surface area contributed by atoms with Crippen LogP contribution in [-0.2, 0) is 6.54 Å². The second kappa shape index (κ2) is 7.34. The molecule has 0 spiro atoms. The quantitative estimate of drug-likeness (QED) is 0.573. The van der Waals surface area contributed by atoms with E-state index >= 15 is 0 Å². The molecule has 3 heterocycles. The topological polar surface area (TPSA) is 77.1 Å². The number of carbonyl (C=O) groups excluding carboxylic acids is 1. The van der Waals surface area contributed by atoms with E-state index in [9.17, 15) is 13.6 Å². The van der Waals surface area contributed by atoms with E-state index in [1.54, 1.807) is 10.9 Å². The lowest BCUT2D eigenvalue weighted by molar-refractivity contribution is 0.0953. The summed E-state index contributed by atoms with van der Waals surface area (Å²) >= 11 is 3.33. The Morgan fingerprint density at radius 3 is 2.81 bits per heavy atom. The smallest absolute Gasteiger partial charge is 0.280 e. The van der Waals surface area contributed by atoms with Crippen LogP contribution in [0.3, 0.4) is 0 Å². The number of nitrogens with zero attached hydrogens (tertiary/aromatic N) is 5. The van der Waals surface area contributed by atoms with Crippen molar-refractivity contribution in [1.29, 1.82) is 0 Å². The first-order valence-corrected chi connectivity index (χ1v) is 9.45. The number of halogens is 3. The van der Waals surface area contributed by atoms with Crippen LogP contribution in [0.2, 0.25) is 0 Å². The largest absolute Gasteiger partial charge is 0.352 e. The lowest BCUT2D eigenvalue weighted by atomic mass is 10.2. The fourth-order valence-electron chi connectivity index (χ4n) is 2.91. The Hall–Kier alpha value is -2.36. The third-order valence-corrected chi connectivity index (χ3v) is 4.84. The lowest BCUT2D eigenvalue weighted by Crippen LogP contribution is -2.25. The molecule has 0 radical (unpaired) electrons. The summed E-state index contributed by atoms with van der Waals surface area (Å²) in [6.07, 6.45) is 4.71. The average Bonchev–Trinajstić information content (AvgIpc) is 3.28. The highest BCUT2D eigenvalue weighted by molar-refractivity contribution is 9.10.